The van der Waals surface area contributed by atoms with Gasteiger partial charge in [0.2, 0.25) is 0 Å². The molecule has 6 aromatic heterocycles. The highest BCUT2D eigenvalue weighted by molar-refractivity contribution is 5.97. The molecule has 6 rings (SSSR count). The molecule has 11 heteroatoms. The van der Waals surface area contributed by atoms with Crippen molar-refractivity contribution in [3.05, 3.63) is 67.3 Å². The second-order valence-electron chi connectivity index (χ2n) is 8.19. The number of rotatable bonds is 6. The summed E-state index contributed by atoms with van der Waals surface area (Å²) in [5, 5.41) is 20.3. The van der Waals surface area contributed by atoms with Crippen LogP contribution in [0.25, 0.3) is 56.0 Å². The van der Waals surface area contributed by atoms with Crippen molar-refractivity contribution in [3.8, 4) is 34.0 Å². The molecule has 0 spiro atoms. The van der Waals surface area contributed by atoms with Crippen molar-refractivity contribution in [1.29, 1.82) is 0 Å². The van der Waals surface area contributed by atoms with Gasteiger partial charge in [0.25, 0.3) is 0 Å². The Hall–Kier alpha value is -4.77. The van der Waals surface area contributed by atoms with E-state index in [9.17, 15) is 5.11 Å². The van der Waals surface area contributed by atoms with Gasteiger partial charge in [-0.1, -0.05) is 6.92 Å². The Labute approximate surface area is 203 Å². The largest absolute Gasteiger partial charge is 0.374 e. The number of aromatic nitrogens is 8. The van der Waals surface area contributed by atoms with Gasteiger partial charge in [0, 0.05) is 35.9 Å². The normalized spacial score (nSPS) is 12.3. The fraction of sp³-hybridized carbons (Fsp3) is 0.120. The first-order chi connectivity index (χ1) is 17.6. The fourth-order valence-electron chi connectivity index (χ4n) is 4.06. The zero-order valence-corrected chi connectivity index (χ0v) is 19.1. The van der Waals surface area contributed by atoms with E-state index in [0.29, 0.717) is 45.9 Å². The quantitative estimate of drug-likeness (QED) is 0.258. The zero-order valence-electron chi connectivity index (χ0n) is 19.1. The Morgan fingerprint density at radius 1 is 0.944 bits per heavy atom. The van der Waals surface area contributed by atoms with Crippen LogP contribution in [0.1, 0.15) is 13.3 Å². The average molecular weight is 481 g/mol. The van der Waals surface area contributed by atoms with Crippen LogP contribution in [0.2, 0.25) is 0 Å². The predicted octanol–water partition coefficient (Wildman–Crippen LogP) is 4.30. The number of fused-ring (bicyclic) bond motifs is 2. The van der Waals surface area contributed by atoms with Crippen molar-refractivity contribution < 1.29 is 9.50 Å². The van der Waals surface area contributed by atoms with Crippen molar-refractivity contribution >= 4 is 27.6 Å². The third kappa shape index (κ3) is 3.71. The lowest BCUT2D eigenvalue weighted by molar-refractivity contribution is 0.199. The van der Waals surface area contributed by atoms with Gasteiger partial charge in [0.05, 0.1) is 40.2 Å². The average Bonchev–Trinajstić information content (AvgIpc) is 3.54. The molecule has 6 heterocycles. The van der Waals surface area contributed by atoms with E-state index in [0.717, 1.165) is 11.1 Å². The number of aromatic amines is 2. The second-order valence-corrected chi connectivity index (χ2v) is 8.19. The maximum Gasteiger partial charge on any atom is 0.161 e. The Morgan fingerprint density at radius 2 is 1.81 bits per heavy atom. The third-order valence-corrected chi connectivity index (χ3v) is 5.86. The van der Waals surface area contributed by atoms with Crippen LogP contribution in [0, 0.1) is 5.82 Å². The third-order valence-electron chi connectivity index (χ3n) is 5.86. The van der Waals surface area contributed by atoms with Crippen LogP contribution in [0.15, 0.2) is 61.4 Å². The highest BCUT2D eigenvalue weighted by Crippen LogP contribution is 2.34. The number of anilines is 1. The first kappa shape index (κ1) is 21.7. The van der Waals surface area contributed by atoms with Gasteiger partial charge in [-0.2, -0.15) is 5.10 Å². The molecule has 0 amide bonds. The lowest BCUT2D eigenvalue weighted by Crippen LogP contribution is -2.17. The molecule has 36 heavy (non-hydrogen) atoms. The summed E-state index contributed by atoms with van der Waals surface area (Å²) in [4.78, 5) is 25.0. The SMILES string of the molecule is CCC(O)Nc1cncc(-c2ncc3[nH]nc(-c4nc5c(-c6ccncc6)nccc5[nH]4)c3c2F)c1. The summed E-state index contributed by atoms with van der Waals surface area (Å²) in [5.74, 6) is -0.158. The summed E-state index contributed by atoms with van der Waals surface area (Å²) in [7, 11) is 0. The zero-order chi connectivity index (χ0) is 24.6. The van der Waals surface area contributed by atoms with Gasteiger partial charge in [-0.3, -0.25) is 25.0 Å². The number of halogens is 1. The Kier molecular flexibility index (Phi) is 5.30. The molecule has 0 saturated heterocycles. The number of hydrogen-bond donors (Lipinski definition) is 4. The van der Waals surface area contributed by atoms with Gasteiger partial charge in [-0.05, 0) is 30.7 Å². The highest BCUT2D eigenvalue weighted by atomic mass is 19.1. The standard InChI is InChI=1S/C25H20FN9O/c1-2-18(36)31-15-9-14(10-28-11-15)21-20(26)19-17(12-30-21)34-35-24(19)25-32-16-5-8-29-22(23(16)33-25)13-3-6-27-7-4-13/h3-12,18,31,36H,2H2,1H3,(H,32,33)(H,34,35). The van der Waals surface area contributed by atoms with Gasteiger partial charge in [-0.25, -0.2) is 9.37 Å². The smallest absolute Gasteiger partial charge is 0.161 e. The van der Waals surface area contributed by atoms with Gasteiger partial charge in [0.1, 0.15) is 23.1 Å². The molecule has 0 fully saturated rings. The molecule has 0 aliphatic carbocycles. The minimum atomic E-state index is -0.734. The first-order valence-corrected chi connectivity index (χ1v) is 11.3. The van der Waals surface area contributed by atoms with Crippen molar-refractivity contribution in [2.45, 2.75) is 19.6 Å². The van der Waals surface area contributed by atoms with Gasteiger partial charge < -0.3 is 15.4 Å². The molecule has 1 unspecified atom stereocenters. The van der Waals surface area contributed by atoms with Crippen molar-refractivity contribution in [2.75, 3.05) is 5.32 Å². The Bertz CT molecular complexity index is 1700. The van der Waals surface area contributed by atoms with E-state index in [1.807, 2.05) is 25.1 Å². The maximum absolute atomic E-state index is 15.9. The van der Waals surface area contributed by atoms with Crippen LogP contribution >= 0.6 is 0 Å². The van der Waals surface area contributed by atoms with Crippen LogP contribution < -0.4 is 5.32 Å². The molecule has 0 bridgehead atoms. The van der Waals surface area contributed by atoms with Gasteiger partial charge >= 0.3 is 0 Å². The summed E-state index contributed by atoms with van der Waals surface area (Å²) in [6.45, 7) is 1.85. The van der Waals surface area contributed by atoms with Crippen LogP contribution in [0.3, 0.4) is 0 Å². The molecule has 10 nitrogen and oxygen atoms in total. The molecule has 0 radical (unpaired) electrons. The monoisotopic (exact) mass is 481 g/mol. The van der Waals surface area contributed by atoms with Crippen LogP contribution in [-0.4, -0.2) is 51.4 Å². The minimum absolute atomic E-state index is 0.113. The fourth-order valence-corrected chi connectivity index (χ4v) is 4.06. The summed E-state index contributed by atoms with van der Waals surface area (Å²) >= 11 is 0. The van der Waals surface area contributed by atoms with Crippen LogP contribution in [0.5, 0.6) is 0 Å². The topological polar surface area (TPSA) is 141 Å². The molecule has 6 aromatic rings. The molecular formula is C25H20FN9O. The lowest BCUT2D eigenvalue weighted by Gasteiger charge is -2.12. The summed E-state index contributed by atoms with van der Waals surface area (Å²) < 4.78 is 15.9. The molecular weight excluding hydrogens is 461 g/mol. The van der Waals surface area contributed by atoms with Crippen molar-refractivity contribution in [3.63, 3.8) is 0 Å². The van der Waals surface area contributed by atoms with Crippen molar-refractivity contribution in [1.82, 2.24) is 40.1 Å². The Morgan fingerprint density at radius 3 is 2.64 bits per heavy atom. The van der Waals surface area contributed by atoms with Crippen LogP contribution in [0.4, 0.5) is 10.1 Å². The number of imidazole rings is 1. The number of nitrogens with one attached hydrogen (secondary N) is 3. The van der Waals surface area contributed by atoms with E-state index in [1.54, 1.807) is 30.9 Å². The number of pyridine rings is 4. The Balaban J connectivity index is 1.47. The van der Waals surface area contributed by atoms with E-state index in [-0.39, 0.29) is 11.1 Å². The maximum atomic E-state index is 15.9. The molecule has 0 saturated carbocycles. The van der Waals surface area contributed by atoms with Crippen LogP contribution in [-0.2, 0) is 0 Å². The van der Waals surface area contributed by atoms with E-state index >= 15 is 4.39 Å². The summed E-state index contributed by atoms with van der Waals surface area (Å²) in [5.41, 5.74) is 4.83. The summed E-state index contributed by atoms with van der Waals surface area (Å²) in [6, 6.07) is 7.21. The van der Waals surface area contributed by atoms with Crippen molar-refractivity contribution in [2.24, 2.45) is 0 Å². The molecule has 4 N–H and O–H groups in total. The molecule has 1 atom stereocenters. The van der Waals surface area contributed by atoms with Gasteiger partial charge in [-0.15, -0.1) is 0 Å². The van der Waals surface area contributed by atoms with E-state index in [2.05, 4.69) is 40.4 Å². The molecule has 0 aliphatic heterocycles. The molecule has 0 aliphatic rings. The molecule has 178 valence electrons. The number of aliphatic hydroxyl groups excluding tert-OH is 1. The molecule has 0 aromatic carbocycles. The number of hydrogen-bond acceptors (Lipinski definition) is 8. The number of H-pyrrole nitrogens is 2. The number of aliphatic hydroxyl groups is 1. The second kappa shape index (κ2) is 8.78. The van der Waals surface area contributed by atoms with E-state index in [4.69, 9.17) is 4.98 Å². The summed E-state index contributed by atoms with van der Waals surface area (Å²) in [6.07, 6.45) is 9.46. The van der Waals surface area contributed by atoms with E-state index < -0.39 is 12.0 Å². The lowest BCUT2D eigenvalue weighted by atomic mass is 10.1. The highest BCUT2D eigenvalue weighted by Gasteiger charge is 2.21. The predicted molar refractivity (Wildman–Crippen MR) is 133 cm³/mol. The number of nitrogens with zero attached hydrogens (tertiary/aromatic N) is 6. The van der Waals surface area contributed by atoms with E-state index in [1.165, 1.54) is 12.4 Å². The van der Waals surface area contributed by atoms with Gasteiger partial charge in [0.15, 0.2) is 11.6 Å². The minimum Gasteiger partial charge on any atom is -0.374 e. The first-order valence-electron chi connectivity index (χ1n) is 11.3.